The van der Waals surface area contributed by atoms with E-state index < -0.39 is 19.7 Å². The van der Waals surface area contributed by atoms with Gasteiger partial charge in [-0.1, -0.05) is 22.7 Å². The topological polar surface area (TPSA) is 198 Å². The van der Waals surface area contributed by atoms with E-state index in [-0.39, 0.29) is 41.4 Å². The lowest BCUT2D eigenvalue weighted by Crippen LogP contribution is -2.02. The standard InChI is InChI=1S/C18H12N6O6S3/c19-17-21-13(9-1-5-11(6-2-9)23(25)26)15(31-17)33(29,30)16-14(22-18(20)32-16)10-3-7-12(8-4-10)24(27)28/h1-8H,(H2,19,21)(H2,20,22). The molecule has 2 aromatic carbocycles. The van der Waals surface area contributed by atoms with Gasteiger partial charge in [-0.2, -0.15) is 0 Å². The first-order valence-corrected chi connectivity index (χ1v) is 12.0. The van der Waals surface area contributed by atoms with E-state index in [4.69, 9.17) is 11.5 Å². The SMILES string of the molecule is Nc1nc(-c2ccc([N+](=O)[O-])cc2)c(S(=O)(=O)c2sc(N)nc2-c2ccc([N+](=O)[O-])cc2)s1. The van der Waals surface area contributed by atoms with Crippen LogP contribution in [0, 0.1) is 20.2 Å². The van der Waals surface area contributed by atoms with E-state index in [0.717, 1.165) is 22.7 Å². The van der Waals surface area contributed by atoms with E-state index in [0.29, 0.717) is 11.1 Å². The number of nitro benzene ring substituents is 2. The summed E-state index contributed by atoms with van der Waals surface area (Å²) in [4.78, 5) is 28.9. The minimum atomic E-state index is -4.22. The molecule has 4 rings (SSSR count). The first kappa shape index (κ1) is 22.3. The quantitative estimate of drug-likeness (QED) is 0.288. The largest absolute Gasteiger partial charge is 0.375 e. The first-order valence-electron chi connectivity index (χ1n) is 8.85. The van der Waals surface area contributed by atoms with Crippen LogP contribution in [0.2, 0.25) is 0 Å². The Morgan fingerprint density at radius 3 is 1.33 bits per heavy atom. The zero-order chi connectivity index (χ0) is 23.9. The fourth-order valence-corrected chi connectivity index (χ4v) is 7.17. The second-order valence-corrected chi connectivity index (χ2v) is 10.9. The normalized spacial score (nSPS) is 11.4. The zero-order valence-corrected chi connectivity index (χ0v) is 18.7. The van der Waals surface area contributed by atoms with Crippen LogP contribution in [0.3, 0.4) is 0 Å². The molecular formula is C18H12N6O6S3. The number of nitrogens with zero attached hydrogens (tertiary/aromatic N) is 4. The Morgan fingerprint density at radius 1 is 0.697 bits per heavy atom. The van der Waals surface area contributed by atoms with Gasteiger partial charge in [-0.05, 0) is 24.3 Å². The highest BCUT2D eigenvalue weighted by molar-refractivity contribution is 7.95. The molecule has 33 heavy (non-hydrogen) atoms. The molecule has 0 saturated heterocycles. The third-order valence-electron chi connectivity index (χ3n) is 4.42. The number of rotatable bonds is 6. The Bertz CT molecular complexity index is 1390. The van der Waals surface area contributed by atoms with Gasteiger partial charge in [0.25, 0.3) is 11.4 Å². The molecule has 0 aliphatic heterocycles. The van der Waals surface area contributed by atoms with Crippen LogP contribution < -0.4 is 11.5 Å². The lowest BCUT2D eigenvalue weighted by molar-refractivity contribution is -0.385. The highest BCUT2D eigenvalue weighted by Gasteiger charge is 2.32. The molecule has 0 aliphatic carbocycles. The van der Waals surface area contributed by atoms with E-state index in [1.54, 1.807) is 0 Å². The summed E-state index contributed by atoms with van der Waals surface area (Å²) < 4.78 is 26.9. The number of anilines is 2. The first-order chi connectivity index (χ1) is 15.6. The number of non-ortho nitro benzene ring substituents is 2. The fourth-order valence-electron chi connectivity index (χ4n) is 2.94. The molecule has 4 aromatic rings. The van der Waals surface area contributed by atoms with Crippen LogP contribution in [0.4, 0.5) is 21.6 Å². The van der Waals surface area contributed by atoms with Crippen LogP contribution in [-0.4, -0.2) is 28.2 Å². The maximum absolute atomic E-state index is 13.6. The number of nitrogen functional groups attached to an aromatic ring is 2. The van der Waals surface area contributed by atoms with Crippen LogP contribution in [0.25, 0.3) is 22.5 Å². The lowest BCUT2D eigenvalue weighted by atomic mass is 10.1. The van der Waals surface area contributed by atoms with Gasteiger partial charge >= 0.3 is 0 Å². The second kappa shape index (κ2) is 8.19. The van der Waals surface area contributed by atoms with Gasteiger partial charge in [0.2, 0.25) is 9.84 Å². The molecule has 168 valence electrons. The molecule has 0 aliphatic rings. The van der Waals surface area contributed by atoms with Gasteiger partial charge in [0.1, 0.15) is 11.4 Å². The monoisotopic (exact) mass is 504 g/mol. The molecule has 0 fully saturated rings. The van der Waals surface area contributed by atoms with Gasteiger partial charge < -0.3 is 11.5 Å². The smallest absolute Gasteiger partial charge is 0.269 e. The van der Waals surface area contributed by atoms with Gasteiger partial charge in [0, 0.05) is 35.4 Å². The molecule has 0 spiro atoms. The highest BCUT2D eigenvalue weighted by Crippen LogP contribution is 2.43. The van der Waals surface area contributed by atoms with E-state index in [2.05, 4.69) is 9.97 Å². The van der Waals surface area contributed by atoms with Crippen molar-refractivity contribution >= 4 is 54.1 Å². The number of aromatic nitrogens is 2. The highest BCUT2D eigenvalue weighted by atomic mass is 32.3. The lowest BCUT2D eigenvalue weighted by Gasteiger charge is -2.05. The predicted molar refractivity (Wildman–Crippen MR) is 123 cm³/mol. The summed E-state index contributed by atoms with van der Waals surface area (Å²) in [5.74, 6) is 0. The van der Waals surface area contributed by atoms with Crippen molar-refractivity contribution in [1.29, 1.82) is 0 Å². The van der Waals surface area contributed by atoms with E-state index in [9.17, 15) is 28.6 Å². The van der Waals surface area contributed by atoms with Gasteiger partial charge in [-0.15, -0.1) is 0 Å². The molecule has 2 heterocycles. The van der Waals surface area contributed by atoms with E-state index >= 15 is 0 Å². The number of nitrogens with two attached hydrogens (primary N) is 2. The summed E-state index contributed by atoms with van der Waals surface area (Å²) in [6, 6.07) is 10.4. The van der Waals surface area contributed by atoms with Crippen LogP contribution in [0.1, 0.15) is 0 Å². The summed E-state index contributed by atoms with van der Waals surface area (Å²) >= 11 is 1.47. The molecule has 12 nitrogen and oxygen atoms in total. The molecular weight excluding hydrogens is 492 g/mol. The van der Waals surface area contributed by atoms with Crippen LogP contribution in [0.15, 0.2) is 56.9 Å². The Morgan fingerprint density at radius 2 is 1.03 bits per heavy atom. The van der Waals surface area contributed by atoms with Crippen molar-refractivity contribution in [1.82, 2.24) is 9.97 Å². The van der Waals surface area contributed by atoms with Crippen molar-refractivity contribution in [3.05, 3.63) is 68.8 Å². The average molecular weight is 505 g/mol. The Kier molecular flexibility index (Phi) is 5.52. The third kappa shape index (κ3) is 4.11. The van der Waals surface area contributed by atoms with Gasteiger partial charge in [0.05, 0.1) is 9.85 Å². The van der Waals surface area contributed by atoms with E-state index in [1.165, 1.54) is 48.5 Å². The molecule has 0 unspecified atom stereocenters. The van der Waals surface area contributed by atoms with E-state index in [1.807, 2.05) is 0 Å². The Labute approximate surface area is 193 Å². The van der Waals surface area contributed by atoms with Crippen molar-refractivity contribution in [3.8, 4) is 22.5 Å². The molecule has 0 radical (unpaired) electrons. The van der Waals surface area contributed by atoms with Crippen molar-refractivity contribution < 1.29 is 18.3 Å². The number of hydrogen-bond acceptors (Lipinski definition) is 12. The van der Waals surface area contributed by atoms with Gasteiger partial charge in [0.15, 0.2) is 18.7 Å². The average Bonchev–Trinajstić information content (AvgIpc) is 3.37. The minimum Gasteiger partial charge on any atom is -0.375 e. The zero-order valence-electron chi connectivity index (χ0n) is 16.2. The molecule has 0 saturated carbocycles. The molecule has 2 aromatic heterocycles. The van der Waals surface area contributed by atoms with Crippen LogP contribution >= 0.6 is 22.7 Å². The van der Waals surface area contributed by atoms with Gasteiger partial charge in [-0.25, -0.2) is 18.4 Å². The van der Waals surface area contributed by atoms with Crippen molar-refractivity contribution in [2.75, 3.05) is 11.5 Å². The Balaban J connectivity index is 1.84. The fraction of sp³-hybridized carbons (Fsp3) is 0. The number of benzene rings is 2. The number of nitro groups is 2. The van der Waals surface area contributed by atoms with Crippen LogP contribution in [-0.2, 0) is 9.84 Å². The molecule has 15 heteroatoms. The van der Waals surface area contributed by atoms with Crippen LogP contribution in [0.5, 0.6) is 0 Å². The molecule has 0 amide bonds. The number of hydrogen-bond donors (Lipinski definition) is 2. The Hall–Kier alpha value is -3.95. The summed E-state index contributed by atoms with van der Waals surface area (Å²) in [5.41, 5.74) is 12.0. The van der Waals surface area contributed by atoms with Crippen molar-refractivity contribution in [2.24, 2.45) is 0 Å². The van der Waals surface area contributed by atoms with Crippen molar-refractivity contribution in [3.63, 3.8) is 0 Å². The van der Waals surface area contributed by atoms with Gasteiger partial charge in [-0.3, -0.25) is 20.2 Å². The second-order valence-electron chi connectivity index (χ2n) is 6.49. The number of thiazole rings is 2. The van der Waals surface area contributed by atoms with Crippen molar-refractivity contribution in [2.45, 2.75) is 8.42 Å². The maximum atomic E-state index is 13.6. The summed E-state index contributed by atoms with van der Waals surface area (Å²) in [5, 5.41) is 21.8. The summed E-state index contributed by atoms with van der Waals surface area (Å²) in [6.45, 7) is 0. The minimum absolute atomic E-state index is 0.0173. The summed E-state index contributed by atoms with van der Waals surface area (Å²) in [6.07, 6.45) is 0. The number of sulfone groups is 1. The molecule has 0 bridgehead atoms. The molecule has 0 atom stereocenters. The predicted octanol–water partition coefficient (Wildman–Crippen LogP) is 3.75. The molecule has 4 N–H and O–H groups in total. The maximum Gasteiger partial charge on any atom is 0.269 e. The summed E-state index contributed by atoms with van der Waals surface area (Å²) in [7, 11) is -4.22. The third-order valence-corrected chi connectivity index (χ3v) is 8.95.